The van der Waals surface area contributed by atoms with E-state index in [-0.39, 0.29) is 0 Å². The second kappa shape index (κ2) is 10.1. The SMILES string of the molecule is c1ccc(-c2cc3c(-c4c5ccccc5c(-c5ccc6ccccc6c5)c5ccccc45)cc4c5ccccc5sc4c3s2)cc1. The van der Waals surface area contributed by atoms with Gasteiger partial charge in [0.2, 0.25) is 0 Å². The Morgan fingerprint density at radius 3 is 1.65 bits per heavy atom. The van der Waals surface area contributed by atoms with Gasteiger partial charge in [-0.15, -0.1) is 22.7 Å². The van der Waals surface area contributed by atoms with Crippen molar-refractivity contribution in [1.82, 2.24) is 0 Å². The first-order chi connectivity index (χ1) is 22.8. The van der Waals surface area contributed by atoms with Crippen LogP contribution in [0.4, 0.5) is 0 Å². The summed E-state index contributed by atoms with van der Waals surface area (Å²) in [5.74, 6) is 0. The van der Waals surface area contributed by atoms with Crippen LogP contribution in [0.1, 0.15) is 0 Å². The lowest BCUT2D eigenvalue weighted by Crippen LogP contribution is -1.91. The first-order valence-corrected chi connectivity index (χ1v) is 17.3. The van der Waals surface area contributed by atoms with Crippen molar-refractivity contribution < 1.29 is 0 Å². The quantitative estimate of drug-likeness (QED) is 0.173. The first kappa shape index (κ1) is 26.0. The van der Waals surface area contributed by atoms with Gasteiger partial charge in [-0.3, -0.25) is 0 Å². The normalized spacial score (nSPS) is 11.9. The van der Waals surface area contributed by atoms with Crippen LogP contribution in [0.5, 0.6) is 0 Å². The van der Waals surface area contributed by atoms with Gasteiger partial charge in [0.05, 0.1) is 9.40 Å². The van der Waals surface area contributed by atoms with Gasteiger partial charge < -0.3 is 0 Å². The molecule has 2 aromatic heterocycles. The summed E-state index contributed by atoms with van der Waals surface area (Å²) in [5, 5.41) is 11.7. The minimum Gasteiger partial charge on any atom is -0.134 e. The fraction of sp³-hybridized carbons (Fsp3) is 0. The third-order valence-electron chi connectivity index (χ3n) is 9.45. The van der Waals surface area contributed by atoms with Crippen LogP contribution in [0.2, 0.25) is 0 Å². The van der Waals surface area contributed by atoms with Crippen LogP contribution in [0.25, 0.3) is 95.3 Å². The highest BCUT2D eigenvalue weighted by Gasteiger charge is 2.22. The van der Waals surface area contributed by atoms with Crippen LogP contribution in [0.3, 0.4) is 0 Å². The molecule has 0 nitrogen and oxygen atoms in total. The number of hydrogen-bond acceptors (Lipinski definition) is 2. The number of thiophene rings is 2. The van der Waals surface area contributed by atoms with Gasteiger partial charge in [0.25, 0.3) is 0 Å². The van der Waals surface area contributed by atoms with Crippen LogP contribution in [-0.2, 0) is 0 Å². The summed E-state index contributed by atoms with van der Waals surface area (Å²) in [6.45, 7) is 0. The Kier molecular flexibility index (Phi) is 5.72. The molecule has 2 heteroatoms. The summed E-state index contributed by atoms with van der Waals surface area (Å²) in [6.07, 6.45) is 0. The molecule has 0 unspecified atom stereocenters. The predicted octanol–water partition coefficient (Wildman–Crippen LogP) is 13.7. The molecule has 10 rings (SSSR count). The smallest absolute Gasteiger partial charge is 0.0534 e. The van der Waals surface area contributed by atoms with Crippen LogP contribution < -0.4 is 0 Å². The summed E-state index contributed by atoms with van der Waals surface area (Å²) >= 11 is 3.85. The number of fused-ring (bicyclic) bond motifs is 8. The third-order valence-corrected chi connectivity index (χ3v) is 12.0. The fourth-order valence-electron chi connectivity index (χ4n) is 7.39. The summed E-state index contributed by atoms with van der Waals surface area (Å²) in [6, 6.07) is 58.3. The van der Waals surface area contributed by atoms with E-state index in [1.807, 2.05) is 22.7 Å². The van der Waals surface area contributed by atoms with Crippen molar-refractivity contribution in [3.8, 4) is 32.7 Å². The van der Waals surface area contributed by atoms with Crippen molar-refractivity contribution in [1.29, 1.82) is 0 Å². The molecule has 46 heavy (non-hydrogen) atoms. The van der Waals surface area contributed by atoms with Crippen molar-refractivity contribution in [2.45, 2.75) is 0 Å². The minimum atomic E-state index is 1.25. The van der Waals surface area contributed by atoms with Crippen LogP contribution >= 0.6 is 22.7 Å². The molecule has 0 fully saturated rings. The Balaban J connectivity index is 1.37. The van der Waals surface area contributed by atoms with Gasteiger partial charge in [0.15, 0.2) is 0 Å². The van der Waals surface area contributed by atoms with Crippen LogP contribution in [0, 0.1) is 0 Å². The monoisotopic (exact) mass is 618 g/mol. The summed E-state index contributed by atoms with van der Waals surface area (Å²) < 4.78 is 4.10. The zero-order chi connectivity index (χ0) is 30.2. The predicted molar refractivity (Wildman–Crippen MR) is 204 cm³/mol. The van der Waals surface area contributed by atoms with Crippen molar-refractivity contribution in [3.05, 3.63) is 158 Å². The van der Waals surface area contributed by atoms with E-state index in [4.69, 9.17) is 0 Å². The Labute approximate surface area is 274 Å². The van der Waals surface area contributed by atoms with Gasteiger partial charge in [0.1, 0.15) is 0 Å². The molecule has 0 spiro atoms. The van der Waals surface area contributed by atoms with E-state index in [2.05, 4.69) is 158 Å². The van der Waals surface area contributed by atoms with Crippen LogP contribution in [0.15, 0.2) is 158 Å². The Bertz CT molecular complexity index is 2740. The van der Waals surface area contributed by atoms with E-state index in [1.165, 1.54) is 95.3 Å². The van der Waals surface area contributed by atoms with Gasteiger partial charge in [-0.25, -0.2) is 0 Å². The minimum absolute atomic E-state index is 1.25. The van der Waals surface area contributed by atoms with Crippen molar-refractivity contribution in [2.24, 2.45) is 0 Å². The Hall–Kier alpha value is -5.28. The standard InChI is InChI=1S/C44H26S2/c1-2-13-28(14-3-1)40-26-38-36(25-37-31-16-10-11-21-39(31)45-43(37)44(38)46-40)42-34-19-8-6-17-32(34)41(33-18-7-9-20-35(33)42)30-23-22-27-12-4-5-15-29(27)24-30/h1-26H. The number of rotatable bonds is 3. The molecule has 0 bridgehead atoms. The molecule has 0 saturated carbocycles. The molecule has 0 radical (unpaired) electrons. The van der Waals surface area contributed by atoms with E-state index in [0.29, 0.717) is 0 Å². The summed E-state index contributed by atoms with van der Waals surface area (Å²) in [5.41, 5.74) is 6.45. The van der Waals surface area contributed by atoms with Crippen LogP contribution in [-0.4, -0.2) is 0 Å². The molecule has 0 amide bonds. The zero-order valence-corrected chi connectivity index (χ0v) is 26.5. The van der Waals surface area contributed by atoms with E-state index < -0.39 is 0 Å². The highest BCUT2D eigenvalue weighted by molar-refractivity contribution is 7.32. The molecule has 0 aliphatic rings. The molecular weight excluding hydrogens is 593 g/mol. The third kappa shape index (κ3) is 3.84. The largest absolute Gasteiger partial charge is 0.134 e. The molecule has 8 aromatic carbocycles. The average Bonchev–Trinajstić information content (AvgIpc) is 3.73. The van der Waals surface area contributed by atoms with Gasteiger partial charge in [0, 0.05) is 25.7 Å². The number of benzene rings is 8. The summed E-state index contributed by atoms with van der Waals surface area (Å²) in [4.78, 5) is 1.31. The maximum absolute atomic E-state index is 2.49. The molecule has 0 atom stereocenters. The van der Waals surface area contributed by atoms with E-state index >= 15 is 0 Å². The maximum Gasteiger partial charge on any atom is 0.0534 e. The van der Waals surface area contributed by atoms with Gasteiger partial charge in [-0.2, -0.15) is 0 Å². The van der Waals surface area contributed by atoms with E-state index in [0.717, 1.165) is 0 Å². The molecule has 10 aromatic rings. The second-order valence-electron chi connectivity index (χ2n) is 12.0. The molecule has 214 valence electrons. The van der Waals surface area contributed by atoms with Gasteiger partial charge in [-0.05, 0) is 84.4 Å². The Morgan fingerprint density at radius 2 is 0.913 bits per heavy atom. The molecule has 0 aliphatic carbocycles. The highest BCUT2D eigenvalue weighted by atomic mass is 32.1. The zero-order valence-electron chi connectivity index (χ0n) is 24.8. The van der Waals surface area contributed by atoms with E-state index in [1.54, 1.807) is 0 Å². The lowest BCUT2D eigenvalue weighted by atomic mass is 9.84. The number of hydrogen-bond donors (Lipinski definition) is 0. The van der Waals surface area contributed by atoms with Crippen molar-refractivity contribution >= 4 is 85.2 Å². The lowest BCUT2D eigenvalue weighted by molar-refractivity contribution is 1.69. The summed E-state index contributed by atoms with van der Waals surface area (Å²) in [7, 11) is 0. The molecule has 0 aliphatic heterocycles. The van der Waals surface area contributed by atoms with Crippen molar-refractivity contribution in [2.75, 3.05) is 0 Å². The van der Waals surface area contributed by atoms with Crippen molar-refractivity contribution in [3.63, 3.8) is 0 Å². The molecule has 0 saturated heterocycles. The second-order valence-corrected chi connectivity index (χ2v) is 14.1. The van der Waals surface area contributed by atoms with Gasteiger partial charge in [-0.1, -0.05) is 133 Å². The first-order valence-electron chi connectivity index (χ1n) is 15.7. The molecule has 2 heterocycles. The highest BCUT2D eigenvalue weighted by Crippen LogP contribution is 2.51. The topological polar surface area (TPSA) is 0 Å². The molecular formula is C44H26S2. The molecule has 0 N–H and O–H groups in total. The lowest BCUT2D eigenvalue weighted by Gasteiger charge is -2.19. The maximum atomic E-state index is 2.49. The van der Waals surface area contributed by atoms with E-state index in [9.17, 15) is 0 Å². The fourth-order valence-corrected chi connectivity index (χ4v) is 9.90. The Morgan fingerprint density at radius 1 is 0.326 bits per heavy atom. The van der Waals surface area contributed by atoms with Gasteiger partial charge >= 0.3 is 0 Å². The average molecular weight is 619 g/mol.